The maximum Gasteiger partial charge on any atom is 0.0814 e. The van der Waals surface area contributed by atoms with Crippen LogP contribution in [0.4, 0.5) is 0 Å². The lowest BCUT2D eigenvalue weighted by Gasteiger charge is -2.39. The van der Waals surface area contributed by atoms with Crippen LogP contribution in [0.3, 0.4) is 0 Å². The van der Waals surface area contributed by atoms with Crippen molar-refractivity contribution < 1.29 is 4.52 Å². The molecule has 5 atom stereocenters. The largest absolute Gasteiger partial charge is 0.355 e. The highest BCUT2D eigenvalue weighted by molar-refractivity contribution is 7.53. The van der Waals surface area contributed by atoms with E-state index >= 15 is 0 Å². The first-order valence-electron chi connectivity index (χ1n) is 9.61. The van der Waals surface area contributed by atoms with Gasteiger partial charge in [-0.1, -0.05) is 57.5 Å². The summed E-state index contributed by atoms with van der Waals surface area (Å²) in [4.78, 5) is 0. The monoisotopic (exact) mass is 346 g/mol. The Morgan fingerprint density at radius 2 is 1.88 bits per heavy atom. The quantitative estimate of drug-likeness (QED) is 0.534. The summed E-state index contributed by atoms with van der Waals surface area (Å²) in [6, 6.07) is 11.0. The summed E-state index contributed by atoms with van der Waals surface area (Å²) in [6.07, 6.45) is 9.89. The predicted molar refractivity (Wildman–Crippen MR) is 111 cm³/mol. The fourth-order valence-electron chi connectivity index (χ4n) is 4.45. The molecule has 1 aliphatic carbocycles. The van der Waals surface area contributed by atoms with E-state index in [9.17, 15) is 0 Å². The van der Waals surface area contributed by atoms with Crippen molar-refractivity contribution in [1.29, 1.82) is 0 Å². The van der Waals surface area contributed by atoms with E-state index in [2.05, 4.69) is 51.1 Å². The predicted octanol–water partition coefficient (Wildman–Crippen LogP) is 5.08. The normalized spacial score (nSPS) is 33.4. The summed E-state index contributed by atoms with van der Waals surface area (Å²) in [5.74, 6) is 2.39. The number of hydrogen-bond acceptors (Lipinski definition) is 1. The zero-order valence-electron chi connectivity index (χ0n) is 15.1. The molecule has 24 heavy (non-hydrogen) atoms. The third-order valence-electron chi connectivity index (χ3n) is 5.87. The van der Waals surface area contributed by atoms with E-state index in [1.54, 1.807) is 0 Å². The van der Waals surface area contributed by atoms with Gasteiger partial charge in [-0.05, 0) is 61.6 Å². The maximum atomic E-state index is 6.85. The van der Waals surface area contributed by atoms with Crippen LogP contribution in [0.1, 0.15) is 58.4 Å². The SMILES string of the molecule is B.CC(C)C1CC[C@H](C)CC1OP1CCC[C@@H]1Cc1ccccc1. The van der Waals surface area contributed by atoms with Gasteiger partial charge in [0.1, 0.15) is 0 Å². The zero-order valence-corrected chi connectivity index (χ0v) is 16.0. The fraction of sp³-hybridized carbons (Fsp3) is 0.714. The highest BCUT2D eigenvalue weighted by Gasteiger charge is 2.36. The van der Waals surface area contributed by atoms with Gasteiger partial charge in [0.15, 0.2) is 0 Å². The molecule has 1 nitrogen and oxygen atoms in total. The summed E-state index contributed by atoms with van der Waals surface area (Å²) in [7, 11) is -0.226. The Bertz CT molecular complexity index is 478. The summed E-state index contributed by atoms with van der Waals surface area (Å²) in [6.45, 7) is 7.19. The van der Waals surface area contributed by atoms with Crippen molar-refractivity contribution in [1.82, 2.24) is 0 Å². The van der Waals surface area contributed by atoms with Crippen LogP contribution in [-0.4, -0.2) is 26.3 Å². The van der Waals surface area contributed by atoms with Crippen LogP contribution in [0, 0.1) is 17.8 Å². The lowest BCUT2D eigenvalue weighted by atomic mass is 9.75. The van der Waals surface area contributed by atoms with Gasteiger partial charge in [0.25, 0.3) is 0 Å². The smallest absolute Gasteiger partial charge is 0.0814 e. The molecule has 0 N–H and O–H groups in total. The van der Waals surface area contributed by atoms with Gasteiger partial charge in [0, 0.05) is 13.8 Å². The van der Waals surface area contributed by atoms with Gasteiger partial charge >= 0.3 is 0 Å². The first-order valence-corrected chi connectivity index (χ1v) is 11.1. The van der Waals surface area contributed by atoms with Gasteiger partial charge in [0.05, 0.1) is 14.5 Å². The molecule has 0 bridgehead atoms. The van der Waals surface area contributed by atoms with Crippen molar-refractivity contribution in [3.05, 3.63) is 35.9 Å². The van der Waals surface area contributed by atoms with Crippen LogP contribution in [0.25, 0.3) is 0 Å². The summed E-state index contributed by atoms with van der Waals surface area (Å²) >= 11 is 0. The lowest BCUT2D eigenvalue weighted by Crippen LogP contribution is -2.33. The fourth-order valence-corrected chi connectivity index (χ4v) is 7.06. The van der Waals surface area contributed by atoms with Crippen LogP contribution >= 0.6 is 8.15 Å². The highest BCUT2D eigenvalue weighted by atomic mass is 31.1. The Morgan fingerprint density at radius 3 is 2.58 bits per heavy atom. The highest BCUT2D eigenvalue weighted by Crippen LogP contribution is 2.55. The Balaban J connectivity index is 0.00000208. The Morgan fingerprint density at radius 1 is 1.12 bits per heavy atom. The molecule has 0 amide bonds. The molecular formula is C21H36BOP. The van der Waals surface area contributed by atoms with Crippen LogP contribution in [-0.2, 0) is 10.9 Å². The van der Waals surface area contributed by atoms with E-state index < -0.39 is 0 Å². The van der Waals surface area contributed by atoms with E-state index in [0.717, 1.165) is 23.4 Å². The van der Waals surface area contributed by atoms with Gasteiger partial charge < -0.3 is 4.52 Å². The Labute approximate surface area is 152 Å². The van der Waals surface area contributed by atoms with Crippen molar-refractivity contribution >= 4 is 16.6 Å². The zero-order chi connectivity index (χ0) is 16.2. The number of rotatable bonds is 5. The first kappa shape index (κ1) is 20.0. The number of hydrogen-bond donors (Lipinski definition) is 0. The van der Waals surface area contributed by atoms with E-state index in [-0.39, 0.29) is 16.6 Å². The molecule has 3 unspecified atom stereocenters. The maximum absolute atomic E-state index is 6.85. The van der Waals surface area contributed by atoms with Gasteiger partial charge in [-0.25, -0.2) is 0 Å². The molecule has 134 valence electrons. The molecule has 1 aliphatic heterocycles. The minimum atomic E-state index is -0.226. The van der Waals surface area contributed by atoms with Crippen LogP contribution in [0.2, 0.25) is 0 Å². The van der Waals surface area contributed by atoms with E-state index in [0.29, 0.717) is 6.10 Å². The van der Waals surface area contributed by atoms with E-state index in [1.165, 1.54) is 50.3 Å². The average molecular weight is 346 g/mol. The molecule has 1 aromatic carbocycles. The third-order valence-corrected chi connectivity index (χ3v) is 8.42. The molecule has 1 aromatic rings. The summed E-state index contributed by atoms with van der Waals surface area (Å²) in [5.41, 5.74) is 2.28. The molecule has 2 fully saturated rings. The molecule has 1 saturated carbocycles. The topological polar surface area (TPSA) is 9.23 Å². The third kappa shape index (κ3) is 5.09. The number of benzene rings is 1. The minimum Gasteiger partial charge on any atom is -0.355 e. The van der Waals surface area contributed by atoms with Gasteiger partial charge in [-0.2, -0.15) is 0 Å². The van der Waals surface area contributed by atoms with Gasteiger partial charge in [0.2, 0.25) is 0 Å². The van der Waals surface area contributed by atoms with Crippen molar-refractivity contribution in [3.8, 4) is 0 Å². The Hall–Kier alpha value is -0.325. The lowest BCUT2D eigenvalue weighted by molar-refractivity contribution is 0.0548. The second kappa shape index (κ2) is 9.39. The molecular weight excluding hydrogens is 310 g/mol. The first-order chi connectivity index (χ1) is 11.1. The van der Waals surface area contributed by atoms with Gasteiger partial charge in [-0.3, -0.25) is 0 Å². The van der Waals surface area contributed by atoms with Crippen LogP contribution < -0.4 is 0 Å². The van der Waals surface area contributed by atoms with E-state index in [1.807, 2.05) is 0 Å². The molecule has 0 aromatic heterocycles. The molecule has 3 rings (SSSR count). The molecule has 2 aliphatic rings. The molecule has 1 heterocycles. The van der Waals surface area contributed by atoms with Crippen molar-refractivity contribution in [3.63, 3.8) is 0 Å². The van der Waals surface area contributed by atoms with Crippen LogP contribution in [0.15, 0.2) is 30.3 Å². The van der Waals surface area contributed by atoms with Crippen molar-refractivity contribution in [2.75, 3.05) is 6.16 Å². The van der Waals surface area contributed by atoms with Crippen LogP contribution in [0.5, 0.6) is 0 Å². The summed E-state index contributed by atoms with van der Waals surface area (Å²) in [5, 5.41) is 0. The molecule has 0 spiro atoms. The molecule has 3 heteroatoms. The molecule has 0 radical (unpaired) electrons. The standard InChI is InChI=1S/C21H33OP.BH3/c1-16(2)20-12-11-17(3)14-21(20)22-23-13-7-10-19(23)15-18-8-5-4-6-9-18;/h4-6,8-9,16-17,19-21H,7,10-15H2,1-3H3;1H3/t17-,19+,20?,21?,23?;/m0./s1. The van der Waals surface area contributed by atoms with Gasteiger partial charge in [-0.15, -0.1) is 0 Å². The molecule has 1 saturated heterocycles. The van der Waals surface area contributed by atoms with Crippen molar-refractivity contribution in [2.45, 2.75) is 71.1 Å². The summed E-state index contributed by atoms with van der Waals surface area (Å²) < 4.78 is 6.85. The Kier molecular flexibility index (Phi) is 7.83. The van der Waals surface area contributed by atoms with E-state index in [4.69, 9.17) is 4.52 Å². The second-order valence-corrected chi connectivity index (χ2v) is 10.3. The van der Waals surface area contributed by atoms with Crippen molar-refractivity contribution in [2.24, 2.45) is 17.8 Å². The average Bonchev–Trinajstić information content (AvgIpc) is 2.95. The minimum absolute atomic E-state index is 0. The second-order valence-electron chi connectivity index (χ2n) is 8.10.